The first-order valence-corrected chi connectivity index (χ1v) is 10.0. The lowest BCUT2D eigenvalue weighted by Gasteiger charge is -2.15. The lowest BCUT2D eigenvalue weighted by molar-refractivity contribution is -0.118. The van der Waals surface area contributed by atoms with Gasteiger partial charge >= 0.3 is 0 Å². The largest absolute Gasteiger partial charge is 0.370 e. The third-order valence-electron chi connectivity index (χ3n) is 4.68. The molecule has 5 nitrogen and oxygen atoms in total. The smallest absolute Gasteiger partial charge is 0.262 e. The fraction of sp³-hybridized carbons (Fsp3) is 0.381. The number of carbonyl (C=O) groups excluding carboxylic acids is 1. The van der Waals surface area contributed by atoms with E-state index in [1.807, 2.05) is 27.7 Å². The van der Waals surface area contributed by atoms with Gasteiger partial charge in [0.15, 0.2) is 0 Å². The average molecular weight is 384 g/mol. The van der Waals surface area contributed by atoms with Gasteiger partial charge in [0.25, 0.3) is 5.56 Å². The average Bonchev–Trinajstić information content (AvgIpc) is 2.93. The lowest BCUT2D eigenvalue weighted by Crippen LogP contribution is -2.26. The molecule has 1 aromatic carbocycles. The number of benzene rings is 1. The Kier molecular flexibility index (Phi) is 5.46. The number of amides is 1. The Morgan fingerprint density at radius 2 is 1.89 bits per heavy atom. The Balaban J connectivity index is 2.22. The van der Waals surface area contributed by atoms with E-state index in [2.05, 4.69) is 24.3 Å². The van der Waals surface area contributed by atoms with Gasteiger partial charge in [0, 0.05) is 29.3 Å². The monoisotopic (exact) mass is 383 g/mol. The van der Waals surface area contributed by atoms with Crippen LogP contribution in [0.15, 0.2) is 29.1 Å². The molecule has 0 bridgehead atoms. The summed E-state index contributed by atoms with van der Waals surface area (Å²) in [7, 11) is 0. The number of carbonyl (C=O) groups is 1. The first-order valence-electron chi connectivity index (χ1n) is 9.18. The number of thiophene rings is 1. The van der Waals surface area contributed by atoms with E-state index in [1.165, 1.54) is 5.56 Å². The maximum absolute atomic E-state index is 13.4. The second kappa shape index (κ2) is 7.64. The van der Waals surface area contributed by atoms with Crippen molar-refractivity contribution < 1.29 is 4.79 Å². The highest BCUT2D eigenvalue weighted by molar-refractivity contribution is 7.19. The number of rotatable bonds is 6. The van der Waals surface area contributed by atoms with Crippen LogP contribution in [0, 0.1) is 13.8 Å². The first kappa shape index (κ1) is 19.3. The molecule has 2 aromatic heterocycles. The Morgan fingerprint density at radius 1 is 1.22 bits per heavy atom. The molecule has 0 aliphatic rings. The molecule has 27 heavy (non-hydrogen) atoms. The van der Waals surface area contributed by atoms with Crippen LogP contribution in [-0.4, -0.2) is 15.5 Å². The summed E-state index contributed by atoms with van der Waals surface area (Å²) in [6.07, 6.45) is 0.792. The third kappa shape index (κ3) is 3.81. The maximum atomic E-state index is 13.4. The van der Waals surface area contributed by atoms with Gasteiger partial charge in [-0.3, -0.25) is 14.2 Å². The van der Waals surface area contributed by atoms with E-state index >= 15 is 0 Å². The van der Waals surface area contributed by atoms with Crippen LogP contribution in [-0.2, 0) is 11.3 Å². The molecule has 1 amide bonds. The van der Waals surface area contributed by atoms with Gasteiger partial charge in [-0.2, -0.15) is 0 Å². The van der Waals surface area contributed by atoms with Gasteiger partial charge in [0.2, 0.25) is 5.91 Å². The highest BCUT2D eigenvalue weighted by Crippen LogP contribution is 2.36. The molecular weight excluding hydrogens is 358 g/mol. The van der Waals surface area contributed by atoms with Crippen LogP contribution in [0.2, 0.25) is 0 Å². The van der Waals surface area contributed by atoms with E-state index in [0.29, 0.717) is 18.4 Å². The summed E-state index contributed by atoms with van der Waals surface area (Å²) in [6.45, 7) is 8.58. The van der Waals surface area contributed by atoms with Crippen molar-refractivity contribution in [2.45, 2.75) is 53.0 Å². The summed E-state index contributed by atoms with van der Waals surface area (Å²) in [6, 6.07) is 8.22. The van der Waals surface area contributed by atoms with E-state index in [9.17, 15) is 9.59 Å². The summed E-state index contributed by atoms with van der Waals surface area (Å²) < 4.78 is 1.72. The van der Waals surface area contributed by atoms with E-state index in [-0.39, 0.29) is 23.8 Å². The van der Waals surface area contributed by atoms with E-state index in [0.717, 1.165) is 26.7 Å². The normalized spacial score (nSPS) is 11.4. The van der Waals surface area contributed by atoms with Crippen LogP contribution >= 0.6 is 11.3 Å². The highest BCUT2D eigenvalue weighted by Gasteiger charge is 2.20. The van der Waals surface area contributed by atoms with Crippen LogP contribution in [0.25, 0.3) is 21.3 Å². The number of nitrogens with two attached hydrogens (primary N) is 1. The Bertz CT molecular complexity index is 1050. The van der Waals surface area contributed by atoms with Crippen molar-refractivity contribution in [2.24, 2.45) is 5.73 Å². The summed E-state index contributed by atoms with van der Waals surface area (Å²) in [5, 5.41) is 0.671. The second-order valence-electron chi connectivity index (χ2n) is 7.23. The van der Waals surface area contributed by atoms with Gasteiger partial charge in [0.05, 0.1) is 5.39 Å². The molecule has 2 N–H and O–H groups in total. The minimum Gasteiger partial charge on any atom is -0.370 e. The van der Waals surface area contributed by atoms with Gasteiger partial charge < -0.3 is 5.73 Å². The van der Waals surface area contributed by atoms with Gasteiger partial charge in [-0.25, -0.2) is 4.98 Å². The summed E-state index contributed by atoms with van der Waals surface area (Å²) >= 11 is 1.56. The van der Waals surface area contributed by atoms with Crippen LogP contribution in [0.1, 0.15) is 48.9 Å². The van der Waals surface area contributed by atoms with Gasteiger partial charge in [-0.05, 0) is 25.8 Å². The maximum Gasteiger partial charge on any atom is 0.262 e. The summed E-state index contributed by atoms with van der Waals surface area (Å²) in [4.78, 5) is 31.2. The minimum absolute atomic E-state index is 0.0342. The standard InChI is InChI=1S/C21H25N3O2S/c1-12(2)19-23-20-18(21(26)24(19)11-5-6-16(22)25)17(14(4)27-20)15-9-7-13(3)8-10-15/h7-10,12H,5-6,11H2,1-4H3,(H2,22,25). The molecule has 3 rings (SSSR count). The molecule has 3 aromatic rings. The van der Waals surface area contributed by atoms with Crippen molar-refractivity contribution in [3.8, 4) is 11.1 Å². The molecule has 142 valence electrons. The molecule has 0 spiro atoms. The van der Waals surface area contributed by atoms with Crippen LogP contribution in [0.5, 0.6) is 0 Å². The number of primary amides is 1. The molecule has 0 saturated carbocycles. The second-order valence-corrected chi connectivity index (χ2v) is 8.43. The van der Waals surface area contributed by atoms with Crippen molar-refractivity contribution in [1.82, 2.24) is 9.55 Å². The van der Waals surface area contributed by atoms with E-state index < -0.39 is 0 Å². The van der Waals surface area contributed by atoms with Gasteiger partial charge in [-0.1, -0.05) is 43.7 Å². The zero-order chi connectivity index (χ0) is 19.7. The fourth-order valence-corrected chi connectivity index (χ4v) is 4.39. The quantitative estimate of drug-likeness (QED) is 0.695. The molecule has 6 heteroatoms. The first-order chi connectivity index (χ1) is 12.8. The molecule has 2 heterocycles. The number of hydrogen-bond acceptors (Lipinski definition) is 4. The zero-order valence-corrected chi connectivity index (χ0v) is 17.0. The molecule has 0 aliphatic carbocycles. The number of aromatic nitrogens is 2. The SMILES string of the molecule is Cc1ccc(-c2c(C)sc3nc(C(C)C)n(CCCC(N)=O)c(=O)c23)cc1. The summed E-state index contributed by atoms with van der Waals surface area (Å²) in [5.74, 6) is 0.518. The molecule has 0 aliphatic heterocycles. The summed E-state index contributed by atoms with van der Waals surface area (Å²) in [5.41, 5.74) is 8.40. The lowest BCUT2D eigenvalue weighted by atomic mass is 10.0. The van der Waals surface area contributed by atoms with Crippen LogP contribution < -0.4 is 11.3 Å². The number of hydrogen-bond donors (Lipinski definition) is 1. The molecule has 0 unspecified atom stereocenters. The molecular formula is C21H25N3O2S. The van der Waals surface area contributed by atoms with Crippen molar-refractivity contribution in [1.29, 1.82) is 0 Å². The van der Waals surface area contributed by atoms with Crippen LogP contribution in [0.4, 0.5) is 0 Å². The Morgan fingerprint density at radius 3 is 2.48 bits per heavy atom. The third-order valence-corrected chi connectivity index (χ3v) is 5.68. The molecule has 0 radical (unpaired) electrons. The number of nitrogens with zero attached hydrogens (tertiary/aromatic N) is 2. The molecule has 0 fully saturated rings. The van der Waals surface area contributed by atoms with Crippen molar-refractivity contribution in [3.63, 3.8) is 0 Å². The van der Waals surface area contributed by atoms with Crippen molar-refractivity contribution >= 4 is 27.5 Å². The Hall–Kier alpha value is -2.47. The van der Waals surface area contributed by atoms with Gasteiger partial charge in [-0.15, -0.1) is 11.3 Å². The fourth-order valence-electron chi connectivity index (χ4n) is 3.35. The highest BCUT2D eigenvalue weighted by atomic mass is 32.1. The van der Waals surface area contributed by atoms with Crippen molar-refractivity contribution in [2.75, 3.05) is 0 Å². The van der Waals surface area contributed by atoms with E-state index in [4.69, 9.17) is 10.7 Å². The minimum atomic E-state index is -0.352. The van der Waals surface area contributed by atoms with Crippen molar-refractivity contribution in [3.05, 3.63) is 50.9 Å². The van der Waals surface area contributed by atoms with E-state index in [1.54, 1.807) is 15.9 Å². The predicted octanol–water partition coefficient (Wildman–Crippen LogP) is 4.13. The molecule has 0 saturated heterocycles. The topological polar surface area (TPSA) is 78.0 Å². The number of aryl methyl sites for hydroxylation is 2. The van der Waals surface area contributed by atoms with Gasteiger partial charge in [0.1, 0.15) is 10.7 Å². The number of fused-ring (bicyclic) bond motifs is 1. The van der Waals surface area contributed by atoms with Crippen LogP contribution in [0.3, 0.4) is 0 Å². The predicted molar refractivity (Wildman–Crippen MR) is 111 cm³/mol. The zero-order valence-electron chi connectivity index (χ0n) is 16.2. The molecule has 0 atom stereocenters. The Labute approximate surface area is 162 Å².